The topological polar surface area (TPSA) is 67.3 Å². The Bertz CT molecular complexity index is 1120. The van der Waals surface area contributed by atoms with E-state index in [2.05, 4.69) is 58.3 Å². The lowest BCUT2D eigenvalue weighted by molar-refractivity contribution is -0.141. The first kappa shape index (κ1) is 25.2. The Kier molecular flexibility index (Phi) is 7.04. The lowest BCUT2D eigenvalue weighted by Gasteiger charge is -2.43. The van der Waals surface area contributed by atoms with Gasteiger partial charge in [0, 0.05) is 57.5 Å². The lowest BCUT2D eigenvalue weighted by Crippen LogP contribution is -2.57. The summed E-state index contributed by atoms with van der Waals surface area (Å²) in [6.07, 6.45) is 5.77. The fourth-order valence-corrected chi connectivity index (χ4v) is 7.09. The van der Waals surface area contributed by atoms with E-state index in [9.17, 15) is 14.7 Å². The van der Waals surface area contributed by atoms with Gasteiger partial charge in [-0.2, -0.15) is 0 Å². The summed E-state index contributed by atoms with van der Waals surface area (Å²) in [6, 6.07) is 19.5. The quantitative estimate of drug-likeness (QED) is 0.664. The number of hydrogen-bond acceptors (Lipinski definition) is 4. The van der Waals surface area contributed by atoms with Crippen LogP contribution in [-0.4, -0.2) is 89.7 Å². The number of rotatable bonds is 3. The van der Waals surface area contributed by atoms with Crippen LogP contribution in [0, 0.1) is 5.41 Å². The van der Waals surface area contributed by atoms with Crippen molar-refractivity contribution < 1.29 is 14.7 Å². The van der Waals surface area contributed by atoms with Crippen LogP contribution in [0.4, 0.5) is 10.5 Å². The Morgan fingerprint density at radius 1 is 0.763 bits per heavy atom. The standard InChI is InChI=1S/C31H40N4O3/c36-28-13-11-27(12-14-28)35-18-16-31(29(35)37)15-4-17-34(23-31)30(38)33-21-19-32(20-22-33)26-9-7-25(8-10-26)24-5-2-1-3-6-24/h1-3,5-10,27-28,36H,4,11-23H2. The van der Waals surface area contributed by atoms with Gasteiger partial charge >= 0.3 is 6.03 Å². The van der Waals surface area contributed by atoms with E-state index >= 15 is 0 Å². The summed E-state index contributed by atoms with van der Waals surface area (Å²) in [6.45, 7) is 5.12. The molecule has 3 saturated heterocycles. The number of carbonyl (C=O) groups is 2. The summed E-state index contributed by atoms with van der Waals surface area (Å²) in [4.78, 5) is 35.6. The fraction of sp³-hybridized carbons (Fsp3) is 0.548. The second kappa shape index (κ2) is 10.6. The van der Waals surface area contributed by atoms with Crippen molar-refractivity contribution in [3.8, 4) is 11.1 Å². The first-order valence-electron chi connectivity index (χ1n) is 14.5. The first-order chi connectivity index (χ1) is 18.5. The van der Waals surface area contributed by atoms with Gasteiger partial charge < -0.3 is 24.7 Å². The molecule has 7 heteroatoms. The molecule has 38 heavy (non-hydrogen) atoms. The number of benzene rings is 2. The van der Waals surface area contributed by atoms with Crippen molar-refractivity contribution in [2.45, 2.75) is 57.1 Å². The number of hydrogen-bond donors (Lipinski definition) is 1. The van der Waals surface area contributed by atoms with Crippen LogP contribution in [0.25, 0.3) is 11.1 Å². The summed E-state index contributed by atoms with van der Waals surface area (Å²) in [5.74, 6) is 0.250. The molecule has 3 heterocycles. The minimum Gasteiger partial charge on any atom is -0.393 e. The number of piperazine rings is 1. The molecule has 1 unspecified atom stereocenters. The number of aliphatic hydroxyl groups is 1. The second-order valence-electron chi connectivity index (χ2n) is 11.7. The highest BCUT2D eigenvalue weighted by Crippen LogP contribution is 2.42. The smallest absolute Gasteiger partial charge is 0.320 e. The van der Waals surface area contributed by atoms with Crippen LogP contribution in [0.3, 0.4) is 0 Å². The van der Waals surface area contributed by atoms with Crippen LogP contribution < -0.4 is 4.90 Å². The van der Waals surface area contributed by atoms with Crippen molar-refractivity contribution in [1.82, 2.24) is 14.7 Å². The monoisotopic (exact) mass is 516 g/mol. The molecule has 1 spiro atoms. The average molecular weight is 517 g/mol. The zero-order chi connectivity index (χ0) is 26.1. The molecule has 4 aliphatic rings. The molecule has 6 rings (SSSR count). The number of amides is 3. The van der Waals surface area contributed by atoms with Crippen molar-refractivity contribution in [2.24, 2.45) is 5.41 Å². The van der Waals surface area contributed by atoms with Gasteiger partial charge in [0.1, 0.15) is 0 Å². The van der Waals surface area contributed by atoms with E-state index in [1.807, 2.05) is 15.9 Å². The van der Waals surface area contributed by atoms with Gasteiger partial charge in [-0.3, -0.25) is 4.79 Å². The highest BCUT2D eigenvalue weighted by molar-refractivity contribution is 5.86. The molecule has 4 fully saturated rings. The maximum atomic E-state index is 13.6. The van der Waals surface area contributed by atoms with Gasteiger partial charge in [-0.05, 0) is 68.2 Å². The van der Waals surface area contributed by atoms with Crippen molar-refractivity contribution in [1.29, 1.82) is 0 Å². The predicted octanol–water partition coefficient (Wildman–Crippen LogP) is 4.21. The highest BCUT2D eigenvalue weighted by atomic mass is 16.3. The van der Waals surface area contributed by atoms with Crippen molar-refractivity contribution >= 4 is 17.6 Å². The number of anilines is 1. The van der Waals surface area contributed by atoms with Crippen LogP contribution in [0.15, 0.2) is 54.6 Å². The van der Waals surface area contributed by atoms with Gasteiger partial charge in [0.2, 0.25) is 5.91 Å². The predicted molar refractivity (Wildman–Crippen MR) is 149 cm³/mol. The van der Waals surface area contributed by atoms with E-state index in [0.29, 0.717) is 19.6 Å². The van der Waals surface area contributed by atoms with E-state index in [-0.39, 0.29) is 24.1 Å². The summed E-state index contributed by atoms with van der Waals surface area (Å²) in [7, 11) is 0. The number of carbonyl (C=O) groups excluding carboxylic acids is 2. The third-order valence-electron chi connectivity index (χ3n) is 9.39. The molecule has 1 saturated carbocycles. The van der Waals surface area contributed by atoms with E-state index in [4.69, 9.17) is 0 Å². The molecule has 0 bridgehead atoms. The minimum atomic E-state index is -0.410. The van der Waals surface area contributed by atoms with Gasteiger partial charge in [0.15, 0.2) is 0 Å². The molecule has 3 aliphatic heterocycles. The number of likely N-dealkylation sites (tertiary alicyclic amines) is 2. The Labute approximate surface area is 226 Å². The maximum Gasteiger partial charge on any atom is 0.320 e. The van der Waals surface area contributed by atoms with Crippen molar-refractivity contribution in [3.63, 3.8) is 0 Å². The molecule has 2 aromatic rings. The number of piperidine rings is 1. The van der Waals surface area contributed by atoms with E-state index in [1.54, 1.807) is 0 Å². The summed E-state index contributed by atoms with van der Waals surface area (Å²) >= 11 is 0. The third-order valence-corrected chi connectivity index (χ3v) is 9.39. The van der Waals surface area contributed by atoms with E-state index < -0.39 is 5.41 Å². The lowest BCUT2D eigenvalue weighted by atomic mass is 9.78. The highest BCUT2D eigenvalue weighted by Gasteiger charge is 2.51. The van der Waals surface area contributed by atoms with Gasteiger partial charge in [0.25, 0.3) is 0 Å². The average Bonchev–Trinajstić information content (AvgIpc) is 3.28. The van der Waals surface area contributed by atoms with Crippen molar-refractivity contribution in [3.05, 3.63) is 54.6 Å². The molecule has 7 nitrogen and oxygen atoms in total. The minimum absolute atomic E-state index is 0.0928. The normalized spacial score (nSPS) is 28.3. The summed E-state index contributed by atoms with van der Waals surface area (Å²) in [5, 5.41) is 9.88. The summed E-state index contributed by atoms with van der Waals surface area (Å²) < 4.78 is 0. The van der Waals surface area contributed by atoms with Crippen LogP contribution in [-0.2, 0) is 4.79 Å². The molecular weight excluding hydrogens is 476 g/mol. The molecule has 0 radical (unpaired) electrons. The second-order valence-corrected chi connectivity index (χ2v) is 11.7. The molecule has 2 aromatic carbocycles. The van der Waals surface area contributed by atoms with E-state index in [1.165, 1.54) is 16.8 Å². The Morgan fingerprint density at radius 2 is 1.45 bits per heavy atom. The largest absolute Gasteiger partial charge is 0.393 e. The van der Waals surface area contributed by atoms with E-state index in [0.717, 1.165) is 71.1 Å². The zero-order valence-corrected chi connectivity index (χ0v) is 22.3. The number of aliphatic hydroxyl groups excluding tert-OH is 1. The third kappa shape index (κ3) is 4.89. The molecule has 1 atom stereocenters. The Hall–Kier alpha value is -3.06. The van der Waals surface area contributed by atoms with Gasteiger partial charge in [-0.1, -0.05) is 42.5 Å². The summed E-state index contributed by atoms with van der Waals surface area (Å²) in [5.41, 5.74) is 3.21. The number of nitrogens with zero attached hydrogens (tertiary/aromatic N) is 4. The Morgan fingerprint density at radius 3 is 2.16 bits per heavy atom. The first-order valence-corrected chi connectivity index (χ1v) is 14.5. The van der Waals surface area contributed by atoms with Gasteiger partial charge in [0.05, 0.1) is 11.5 Å². The van der Waals surface area contributed by atoms with Gasteiger partial charge in [-0.15, -0.1) is 0 Å². The Balaban J connectivity index is 1.04. The van der Waals surface area contributed by atoms with Crippen LogP contribution in [0.1, 0.15) is 44.9 Å². The zero-order valence-electron chi connectivity index (χ0n) is 22.3. The molecule has 1 N–H and O–H groups in total. The fourth-order valence-electron chi connectivity index (χ4n) is 7.09. The maximum absolute atomic E-state index is 13.6. The van der Waals surface area contributed by atoms with Crippen LogP contribution >= 0.6 is 0 Å². The SMILES string of the molecule is O=C(N1CCN(c2ccc(-c3ccccc3)cc2)CC1)N1CCCC2(CCN(C3CCC(O)CC3)C2=O)C1. The molecule has 202 valence electrons. The molecule has 0 aromatic heterocycles. The van der Waals surface area contributed by atoms with Crippen LogP contribution in [0.2, 0.25) is 0 Å². The van der Waals surface area contributed by atoms with Gasteiger partial charge in [-0.25, -0.2) is 4.79 Å². The molecule has 1 aliphatic carbocycles. The van der Waals surface area contributed by atoms with Crippen LogP contribution in [0.5, 0.6) is 0 Å². The molecule has 3 amide bonds. The molecular formula is C31H40N4O3. The number of urea groups is 1. The van der Waals surface area contributed by atoms with Crippen molar-refractivity contribution in [2.75, 3.05) is 50.7 Å².